The maximum Gasteiger partial charge on any atom is 0.472 e. The van der Waals surface area contributed by atoms with Crippen LogP contribution in [-0.2, 0) is 55.8 Å². The van der Waals surface area contributed by atoms with E-state index in [0.717, 1.165) is 141 Å². The van der Waals surface area contributed by atoms with E-state index in [1.807, 2.05) is 0 Å². The minimum atomic E-state index is -4.94. The quantitative estimate of drug-likeness (QED) is 0.0146. The lowest BCUT2D eigenvalue weighted by Gasteiger charge is -2.21. The van der Waals surface area contributed by atoms with Crippen LogP contribution < -0.4 is 0 Å². The van der Waals surface area contributed by atoms with Gasteiger partial charge in [0.1, 0.15) is 25.4 Å². The second-order valence-electron chi connectivity index (χ2n) is 33.9. The zero-order valence-corrected chi connectivity index (χ0v) is 80.6. The molecular weight excluding hydrogens is 1580 g/mol. The second kappa shape index (κ2) is 96.8. The van der Waals surface area contributed by atoms with Gasteiger partial charge in [0.25, 0.3) is 0 Å². The molecule has 0 radical (unpaired) electrons. The van der Waals surface area contributed by atoms with Crippen molar-refractivity contribution in [3.05, 3.63) is 134 Å². The van der Waals surface area contributed by atoms with Crippen molar-refractivity contribution in [3.63, 3.8) is 0 Å². The summed E-state index contributed by atoms with van der Waals surface area (Å²) in [6.45, 7) is 2.59. The molecule has 712 valence electrons. The average molecular weight is 1770 g/mol. The van der Waals surface area contributed by atoms with Crippen LogP contribution in [0.4, 0.5) is 0 Å². The minimum absolute atomic E-state index is 0.0942. The van der Waals surface area contributed by atoms with Gasteiger partial charge in [-0.2, -0.15) is 0 Å². The Morgan fingerprint density at radius 2 is 0.431 bits per heavy atom. The highest BCUT2D eigenvalue weighted by molar-refractivity contribution is 7.47. The normalized spacial score (nSPS) is 14.2. The van der Waals surface area contributed by atoms with Crippen molar-refractivity contribution in [1.82, 2.24) is 0 Å². The summed E-state index contributed by atoms with van der Waals surface area (Å²) in [7, 11) is -9.81. The van der Waals surface area contributed by atoms with E-state index in [1.165, 1.54) is 257 Å². The van der Waals surface area contributed by atoms with E-state index < -0.39 is 91.5 Å². The number of carbonyl (C=O) groups excluding carboxylic acids is 3. The van der Waals surface area contributed by atoms with Crippen molar-refractivity contribution >= 4 is 33.6 Å². The second-order valence-corrected chi connectivity index (χ2v) is 36.8. The maximum absolute atomic E-state index is 13.1. The summed E-state index contributed by atoms with van der Waals surface area (Å²) in [5.41, 5.74) is 0. The molecule has 5 atom stereocenters. The van der Waals surface area contributed by atoms with E-state index >= 15 is 0 Å². The van der Waals surface area contributed by atoms with Crippen molar-refractivity contribution in [2.75, 3.05) is 39.6 Å². The smallest absolute Gasteiger partial charge is 0.463 e. The van der Waals surface area contributed by atoms with E-state index in [-0.39, 0.29) is 19.3 Å². The first kappa shape index (κ1) is 119. The van der Waals surface area contributed by atoms with Crippen molar-refractivity contribution in [3.8, 4) is 0 Å². The van der Waals surface area contributed by atoms with Crippen LogP contribution in [0, 0.1) is 0 Å². The van der Waals surface area contributed by atoms with Gasteiger partial charge in [0.15, 0.2) is 6.10 Å². The van der Waals surface area contributed by atoms with Gasteiger partial charge in [0.05, 0.1) is 26.4 Å². The zero-order valence-electron chi connectivity index (χ0n) is 78.8. The third-order valence-corrected chi connectivity index (χ3v) is 23.7. The predicted octanol–water partition coefficient (Wildman–Crippen LogP) is 31.7. The molecular formula is C105H186O16P2. The number of allylic oxidation sites excluding steroid dienone is 22. The van der Waals surface area contributed by atoms with E-state index in [2.05, 4.69) is 154 Å². The molecule has 123 heavy (non-hydrogen) atoms. The fourth-order valence-electron chi connectivity index (χ4n) is 14.2. The van der Waals surface area contributed by atoms with Crippen molar-refractivity contribution in [1.29, 1.82) is 0 Å². The highest BCUT2D eigenvalue weighted by Crippen LogP contribution is 2.45. The molecule has 0 aliphatic rings. The molecule has 5 unspecified atom stereocenters. The number of hydrogen-bond donors (Lipinski definition) is 4. The molecule has 18 heteroatoms. The Morgan fingerprint density at radius 3 is 0.683 bits per heavy atom. The van der Waals surface area contributed by atoms with Gasteiger partial charge in [0, 0.05) is 19.3 Å². The zero-order chi connectivity index (χ0) is 89.3. The molecule has 0 bridgehead atoms. The van der Waals surface area contributed by atoms with Crippen LogP contribution in [-0.4, -0.2) is 95.9 Å². The molecule has 0 spiro atoms. The van der Waals surface area contributed by atoms with Gasteiger partial charge in [-0.1, -0.05) is 431 Å². The Bertz CT molecular complexity index is 2770. The number of ether oxygens (including phenoxy) is 3. The molecule has 0 saturated carbocycles. The highest BCUT2D eigenvalue weighted by atomic mass is 31.2. The van der Waals surface area contributed by atoms with E-state index in [0.29, 0.717) is 19.3 Å². The van der Waals surface area contributed by atoms with Gasteiger partial charge in [-0.15, -0.1) is 0 Å². The Kier molecular flexibility index (Phi) is 93.4. The lowest BCUT2D eigenvalue weighted by molar-refractivity contribution is -0.161. The first-order valence-corrected chi connectivity index (χ1v) is 53.5. The minimum Gasteiger partial charge on any atom is -0.463 e. The van der Waals surface area contributed by atoms with Crippen LogP contribution in [0.5, 0.6) is 0 Å². The Hall–Kier alpha value is -4.31. The fraction of sp³-hybridized carbons (Fsp3) is 0.762. The third kappa shape index (κ3) is 98.1. The molecule has 0 amide bonds. The molecule has 0 aliphatic heterocycles. The third-order valence-electron chi connectivity index (χ3n) is 21.8. The number of aliphatic hydroxyl groups is 2. The number of rotatable bonds is 96. The van der Waals surface area contributed by atoms with Gasteiger partial charge in [0.2, 0.25) is 0 Å². The number of carbonyl (C=O) groups is 3. The number of hydrogen-bond acceptors (Lipinski definition) is 14. The van der Waals surface area contributed by atoms with Gasteiger partial charge in [-0.05, 0) is 141 Å². The number of phosphoric acid groups is 2. The summed E-state index contributed by atoms with van der Waals surface area (Å²) >= 11 is 0. The number of phosphoric ester groups is 2. The summed E-state index contributed by atoms with van der Waals surface area (Å²) in [5, 5.41) is 20.8. The van der Waals surface area contributed by atoms with Gasteiger partial charge < -0.3 is 34.2 Å². The van der Waals surface area contributed by atoms with Crippen LogP contribution in [0.25, 0.3) is 0 Å². The molecule has 0 rings (SSSR count). The van der Waals surface area contributed by atoms with Gasteiger partial charge in [-0.25, -0.2) is 9.13 Å². The molecule has 0 aromatic heterocycles. The van der Waals surface area contributed by atoms with Crippen LogP contribution in [0.2, 0.25) is 0 Å². The Labute approximate surface area is 754 Å². The SMILES string of the molecule is CC/C=C\C/C=C\C/C=C\CCCCCCCCCC(=O)OC(COC(=O)CCCCCCCCCCCCCCCCCCCCC/C=C\C/C=C\C/C=C\C/C=C\CCCCC)COP(=O)(O)OCC(O)COP(=O)(O)OCC(O)COC(=O)CCCCCCCCCCCCCCCCCCCCC/C=C\C/C=C\C/C=C\C/C=C\CCCCC. The summed E-state index contributed by atoms with van der Waals surface area (Å²) in [5.74, 6) is -1.56. The topological polar surface area (TPSA) is 231 Å². The monoisotopic (exact) mass is 1770 g/mol. The summed E-state index contributed by atoms with van der Waals surface area (Å²) in [4.78, 5) is 59.1. The summed E-state index contributed by atoms with van der Waals surface area (Å²) in [6, 6.07) is 0. The van der Waals surface area contributed by atoms with Gasteiger partial charge in [-0.3, -0.25) is 32.5 Å². The first-order chi connectivity index (χ1) is 60.2. The van der Waals surface area contributed by atoms with Crippen LogP contribution >= 0.6 is 15.6 Å². The molecule has 0 saturated heterocycles. The van der Waals surface area contributed by atoms with Crippen LogP contribution in [0.1, 0.15) is 457 Å². The Morgan fingerprint density at radius 1 is 0.236 bits per heavy atom. The fourth-order valence-corrected chi connectivity index (χ4v) is 15.8. The highest BCUT2D eigenvalue weighted by Gasteiger charge is 2.30. The summed E-state index contributed by atoms with van der Waals surface area (Å²) < 4.78 is 61.6. The molecule has 0 heterocycles. The van der Waals surface area contributed by atoms with Gasteiger partial charge >= 0.3 is 33.6 Å². The number of aliphatic hydroxyl groups excluding tert-OH is 2. The first-order valence-electron chi connectivity index (χ1n) is 50.5. The Balaban J connectivity index is 4.42. The molecule has 4 N–H and O–H groups in total. The molecule has 16 nitrogen and oxygen atoms in total. The summed E-state index contributed by atoms with van der Waals surface area (Å²) in [6.07, 6.45) is 123. The predicted molar refractivity (Wildman–Crippen MR) is 519 cm³/mol. The van der Waals surface area contributed by atoms with E-state index in [4.69, 9.17) is 32.3 Å². The lowest BCUT2D eigenvalue weighted by atomic mass is 10.0. The average Bonchev–Trinajstić information content (AvgIpc) is 0.897. The van der Waals surface area contributed by atoms with Crippen LogP contribution in [0.3, 0.4) is 0 Å². The lowest BCUT2D eigenvalue weighted by Crippen LogP contribution is -2.30. The van der Waals surface area contributed by atoms with Crippen molar-refractivity contribution in [2.24, 2.45) is 0 Å². The molecule has 0 fully saturated rings. The molecule has 0 aromatic rings. The van der Waals surface area contributed by atoms with Crippen molar-refractivity contribution in [2.45, 2.75) is 476 Å². The number of esters is 3. The molecule has 0 aliphatic carbocycles. The maximum atomic E-state index is 13.1. The van der Waals surface area contributed by atoms with E-state index in [9.17, 15) is 43.5 Å². The van der Waals surface area contributed by atoms with E-state index in [1.54, 1.807) is 0 Å². The standard InChI is InChI=1S/C105H186O16P2/c1-4-7-10-13-16-19-22-25-28-31-33-35-37-39-41-43-45-47-49-51-53-55-57-59-61-63-65-68-70-73-76-79-82-85-88-91-103(108)115-94-100(106)95-117-122(111,112)118-96-101(107)97-119-123(113,114)120-99-102(121-105(110)93-90-87-84-81-78-75-72-67-30-27-24-21-18-15-12-9-6-3)98-116-104(109)92-89-86-83-80-77-74-71-69-66-64-62-60-58-56-54-52-50-48-46-44-42-40-38-36-34-32-29-26-23-20-17-14-11-8-5-2/h9,12,16-21,25-30,33-36,39-42,100-102,106-107H,4-8,10-11,13-15,22-24,31-32,37-38,43-99H2,1-3H3,(H,111,112)(H,113,114)/b12-9-,19-16-,20-17-,21-18-,28-25-,29-26-,30-27-,35-33-,36-34-,41-39-,42-40-. The molecule has 0 aromatic carbocycles. The van der Waals surface area contributed by atoms with Crippen LogP contribution in [0.15, 0.2) is 134 Å². The number of unbranched alkanes of at least 4 members (excludes halogenated alkanes) is 51. The largest absolute Gasteiger partial charge is 0.472 e. The van der Waals surface area contributed by atoms with Crippen molar-refractivity contribution < 1.29 is 75.8 Å².